The first-order valence-electron chi connectivity index (χ1n) is 7.40. The van der Waals surface area contributed by atoms with Gasteiger partial charge < -0.3 is 20.4 Å². The number of piperidine rings is 1. The first-order valence-corrected chi connectivity index (χ1v) is 7.40. The molecule has 1 heterocycles. The fourth-order valence-corrected chi connectivity index (χ4v) is 2.34. The average Bonchev–Trinajstić information content (AvgIpc) is 2.41. The van der Waals surface area contributed by atoms with E-state index < -0.39 is 0 Å². The smallest absolute Gasteiger partial charge is 0.221 e. The number of halogens is 2. The molecule has 0 aromatic carbocycles. The molecule has 0 aromatic heterocycles. The lowest BCUT2D eigenvalue weighted by molar-refractivity contribution is -0.121. The predicted molar refractivity (Wildman–Crippen MR) is 93.8 cm³/mol. The summed E-state index contributed by atoms with van der Waals surface area (Å²) in [4.78, 5) is 16.3. The van der Waals surface area contributed by atoms with Crippen LogP contribution in [0.4, 0.5) is 0 Å². The van der Waals surface area contributed by atoms with Crippen molar-refractivity contribution in [3.8, 4) is 0 Å². The van der Waals surface area contributed by atoms with Gasteiger partial charge in [0.1, 0.15) is 0 Å². The minimum absolute atomic E-state index is 0. The van der Waals surface area contributed by atoms with Crippen molar-refractivity contribution in [1.29, 1.82) is 0 Å². The highest BCUT2D eigenvalue weighted by atomic mass is 35.5. The van der Waals surface area contributed by atoms with Gasteiger partial charge in [0, 0.05) is 32.6 Å². The van der Waals surface area contributed by atoms with E-state index in [4.69, 9.17) is 0 Å². The molecule has 1 rings (SSSR count). The molecule has 0 aromatic rings. The van der Waals surface area contributed by atoms with Crippen LogP contribution in [0.15, 0.2) is 0 Å². The quantitative estimate of drug-likeness (QED) is 0.685. The molecular weight excluding hydrogens is 311 g/mol. The molecule has 0 radical (unpaired) electrons. The SMILES string of the molecule is CNCCC(=O)NCC1CCN(CCN(C)C)CC1.Cl.Cl. The molecule has 5 nitrogen and oxygen atoms in total. The molecule has 0 saturated carbocycles. The highest BCUT2D eigenvalue weighted by Gasteiger charge is 2.19. The summed E-state index contributed by atoms with van der Waals surface area (Å²) in [6.07, 6.45) is 3.00. The molecule has 0 aliphatic carbocycles. The second-order valence-corrected chi connectivity index (χ2v) is 5.75. The zero-order chi connectivity index (χ0) is 14.1. The number of hydrogen-bond acceptors (Lipinski definition) is 4. The third-order valence-corrected chi connectivity index (χ3v) is 3.76. The summed E-state index contributed by atoms with van der Waals surface area (Å²) in [5.41, 5.74) is 0. The highest BCUT2D eigenvalue weighted by molar-refractivity contribution is 5.85. The van der Waals surface area contributed by atoms with E-state index in [1.165, 1.54) is 25.9 Å². The van der Waals surface area contributed by atoms with Crippen LogP contribution in [0.3, 0.4) is 0 Å². The van der Waals surface area contributed by atoms with Crippen LogP contribution in [0.5, 0.6) is 0 Å². The molecule has 1 aliphatic heterocycles. The van der Waals surface area contributed by atoms with Crippen molar-refractivity contribution >= 4 is 30.7 Å². The summed E-state index contributed by atoms with van der Waals surface area (Å²) in [5, 5.41) is 6.04. The number of hydrogen-bond donors (Lipinski definition) is 2. The third kappa shape index (κ3) is 11.2. The average molecular weight is 343 g/mol. The molecule has 1 amide bonds. The van der Waals surface area contributed by atoms with Crippen molar-refractivity contribution in [2.24, 2.45) is 5.92 Å². The number of amides is 1. The van der Waals surface area contributed by atoms with Crippen LogP contribution in [0, 0.1) is 5.92 Å². The Kier molecular flexibility index (Phi) is 15.0. The topological polar surface area (TPSA) is 47.6 Å². The van der Waals surface area contributed by atoms with Crippen molar-refractivity contribution < 1.29 is 4.79 Å². The lowest BCUT2D eigenvalue weighted by atomic mass is 9.97. The van der Waals surface area contributed by atoms with Gasteiger partial charge in [-0.15, -0.1) is 24.8 Å². The standard InChI is InChI=1S/C14H30N4O.2ClH/c1-15-7-4-14(19)16-12-13-5-8-18(9-6-13)11-10-17(2)3;;/h13,15H,4-12H2,1-3H3,(H,16,19);2*1H. The molecule has 7 heteroatoms. The molecule has 0 unspecified atom stereocenters. The number of nitrogens with one attached hydrogen (secondary N) is 2. The van der Waals surface area contributed by atoms with Gasteiger partial charge in [-0.2, -0.15) is 0 Å². The number of rotatable bonds is 8. The van der Waals surface area contributed by atoms with E-state index in [1.807, 2.05) is 7.05 Å². The maximum atomic E-state index is 11.5. The number of likely N-dealkylation sites (tertiary alicyclic amines) is 1. The molecule has 0 atom stereocenters. The van der Waals surface area contributed by atoms with Gasteiger partial charge in [0.15, 0.2) is 0 Å². The zero-order valence-electron chi connectivity index (χ0n) is 13.6. The van der Waals surface area contributed by atoms with Crippen molar-refractivity contribution in [3.05, 3.63) is 0 Å². The molecule has 128 valence electrons. The van der Waals surface area contributed by atoms with Gasteiger partial charge in [-0.1, -0.05) is 0 Å². The van der Waals surface area contributed by atoms with E-state index in [0.717, 1.165) is 26.2 Å². The Morgan fingerprint density at radius 2 is 1.86 bits per heavy atom. The molecule has 1 saturated heterocycles. The molecule has 1 fully saturated rings. The molecule has 2 N–H and O–H groups in total. The second-order valence-electron chi connectivity index (χ2n) is 5.75. The molecule has 1 aliphatic rings. The van der Waals surface area contributed by atoms with Crippen LogP contribution in [-0.2, 0) is 4.79 Å². The summed E-state index contributed by atoms with van der Waals surface area (Å²) in [6, 6.07) is 0. The number of likely N-dealkylation sites (N-methyl/N-ethyl adjacent to an activating group) is 1. The lowest BCUT2D eigenvalue weighted by Gasteiger charge is -2.32. The van der Waals surface area contributed by atoms with Crippen LogP contribution >= 0.6 is 24.8 Å². The van der Waals surface area contributed by atoms with Gasteiger partial charge in [-0.25, -0.2) is 0 Å². The van der Waals surface area contributed by atoms with Crippen molar-refractivity contribution in [3.63, 3.8) is 0 Å². The maximum absolute atomic E-state index is 11.5. The van der Waals surface area contributed by atoms with Crippen molar-refractivity contribution in [2.75, 3.05) is 60.4 Å². The second kappa shape index (κ2) is 13.6. The summed E-state index contributed by atoms with van der Waals surface area (Å²) < 4.78 is 0. The Balaban J connectivity index is 0. The Hall–Kier alpha value is -0.0700. The maximum Gasteiger partial charge on any atom is 0.221 e. The predicted octanol–water partition coefficient (Wildman–Crippen LogP) is 0.829. The summed E-state index contributed by atoms with van der Waals surface area (Å²) in [6.45, 7) is 6.24. The fourth-order valence-electron chi connectivity index (χ4n) is 2.34. The van der Waals surface area contributed by atoms with Crippen LogP contribution in [0.2, 0.25) is 0 Å². The minimum atomic E-state index is 0. The zero-order valence-corrected chi connectivity index (χ0v) is 15.2. The van der Waals surface area contributed by atoms with Gasteiger partial charge in [0.25, 0.3) is 0 Å². The fraction of sp³-hybridized carbons (Fsp3) is 0.929. The van der Waals surface area contributed by atoms with E-state index in [-0.39, 0.29) is 30.7 Å². The number of carbonyl (C=O) groups is 1. The number of nitrogens with zero attached hydrogens (tertiary/aromatic N) is 2. The minimum Gasteiger partial charge on any atom is -0.356 e. The van der Waals surface area contributed by atoms with Crippen LogP contribution in [-0.4, -0.2) is 76.1 Å². The first kappa shape index (κ1) is 23.2. The van der Waals surface area contributed by atoms with Crippen molar-refractivity contribution in [1.82, 2.24) is 20.4 Å². The van der Waals surface area contributed by atoms with Crippen LogP contribution in [0.1, 0.15) is 19.3 Å². The highest BCUT2D eigenvalue weighted by Crippen LogP contribution is 2.15. The van der Waals surface area contributed by atoms with Crippen LogP contribution in [0.25, 0.3) is 0 Å². The van der Waals surface area contributed by atoms with Gasteiger partial charge >= 0.3 is 0 Å². The molecule has 0 spiro atoms. The third-order valence-electron chi connectivity index (χ3n) is 3.76. The summed E-state index contributed by atoms with van der Waals surface area (Å²) in [7, 11) is 6.11. The Labute approximate surface area is 142 Å². The van der Waals surface area contributed by atoms with Gasteiger partial charge in [0.2, 0.25) is 5.91 Å². The Bertz CT molecular complexity index is 259. The Morgan fingerprint density at radius 1 is 1.24 bits per heavy atom. The largest absolute Gasteiger partial charge is 0.356 e. The first-order chi connectivity index (χ1) is 9.11. The van der Waals surface area contributed by atoms with E-state index in [1.54, 1.807) is 0 Å². The van der Waals surface area contributed by atoms with Gasteiger partial charge in [0.05, 0.1) is 0 Å². The van der Waals surface area contributed by atoms with E-state index in [0.29, 0.717) is 12.3 Å². The van der Waals surface area contributed by atoms with Gasteiger partial charge in [-0.3, -0.25) is 4.79 Å². The monoisotopic (exact) mass is 342 g/mol. The van der Waals surface area contributed by atoms with Crippen molar-refractivity contribution in [2.45, 2.75) is 19.3 Å². The Morgan fingerprint density at radius 3 is 2.38 bits per heavy atom. The van der Waals surface area contributed by atoms with Gasteiger partial charge in [-0.05, 0) is 53.0 Å². The van der Waals surface area contributed by atoms with E-state index in [2.05, 4.69) is 34.5 Å². The van der Waals surface area contributed by atoms with Crippen LogP contribution < -0.4 is 10.6 Å². The van der Waals surface area contributed by atoms with E-state index >= 15 is 0 Å². The molecule has 21 heavy (non-hydrogen) atoms. The summed E-state index contributed by atoms with van der Waals surface area (Å²) in [5.74, 6) is 0.832. The molecular formula is C14H32Cl2N4O. The molecule has 0 bridgehead atoms. The van der Waals surface area contributed by atoms with E-state index in [9.17, 15) is 4.79 Å². The lowest BCUT2D eigenvalue weighted by Crippen LogP contribution is -2.41. The number of carbonyl (C=O) groups excluding carboxylic acids is 1. The normalized spacial score (nSPS) is 16.2. The summed E-state index contributed by atoms with van der Waals surface area (Å²) >= 11 is 0.